The summed E-state index contributed by atoms with van der Waals surface area (Å²) >= 11 is 0. The number of aliphatic hydroxyl groups is 1. The maximum Gasteiger partial charge on any atom is 0.301 e. The third kappa shape index (κ3) is 4.19. The van der Waals surface area contributed by atoms with Crippen LogP contribution in [0.5, 0.6) is 0 Å². The van der Waals surface area contributed by atoms with Crippen LogP contribution in [-0.4, -0.2) is 39.3 Å². The lowest BCUT2D eigenvalue weighted by atomic mass is 9.95. The molecule has 1 atom stereocenters. The van der Waals surface area contributed by atoms with E-state index in [0.29, 0.717) is 48.3 Å². The highest BCUT2D eigenvalue weighted by molar-refractivity contribution is 5.93. The minimum absolute atomic E-state index is 0.108. The second kappa shape index (κ2) is 9.55. The molecule has 3 aromatic rings. The van der Waals surface area contributed by atoms with Gasteiger partial charge in [-0.15, -0.1) is 0 Å². The van der Waals surface area contributed by atoms with E-state index in [2.05, 4.69) is 20.5 Å². The molecule has 3 N–H and O–H groups in total. The van der Waals surface area contributed by atoms with E-state index in [4.69, 9.17) is 5.73 Å². The number of nitrogens with two attached hydrogens (primary N) is 1. The molecule has 1 saturated carbocycles. The van der Waals surface area contributed by atoms with Crippen molar-refractivity contribution in [3.05, 3.63) is 46.3 Å². The Morgan fingerprint density at radius 1 is 1.23 bits per heavy atom. The summed E-state index contributed by atoms with van der Waals surface area (Å²) in [5, 5.41) is 31.2. The van der Waals surface area contributed by atoms with Crippen LogP contribution in [0.2, 0.25) is 0 Å². The fraction of sp³-hybridized carbons (Fsp3) is 0.462. The molecule has 0 spiro atoms. The fourth-order valence-corrected chi connectivity index (χ4v) is 5.78. The molecule has 1 aromatic heterocycles. The summed E-state index contributed by atoms with van der Waals surface area (Å²) in [7, 11) is 0. The van der Waals surface area contributed by atoms with E-state index in [-0.39, 0.29) is 23.5 Å². The molecule has 2 aromatic carbocycles. The summed E-state index contributed by atoms with van der Waals surface area (Å²) in [4.78, 5) is 18.3. The third-order valence-electron chi connectivity index (χ3n) is 7.63. The van der Waals surface area contributed by atoms with Gasteiger partial charge in [-0.1, -0.05) is 25.3 Å². The van der Waals surface area contributed by atoms with Crippen molar-refractivity contribution in [1.29, 1.82) is 5.26 Å². The Hall–Kier alpha value is -3.64. The second-order valence-corrected chi connectivity index (χ2v) is 9.71. The normalized spacial score (nSPS) is 18.7. The molecule has 5 rings (SSSR count). The number of benzene rings is 2. The van der Waals surface area contributed by atoms with Crippen LogP contribution in [0.3, 0.4) is 0 Å². The van der Waals surface area contributed by atoms with Gasteiger partial charge in [0.1, 0.15) is 17.3 Å². The number of hydrogen-bond acceptors (Lipinski definition) is 7. The first-order valence-electron chi connectivity index (χ1n) is 12.4. The molecule has 2 heterocycles. The van der Waals surface area contributed by atoms with Crippen molar-refractivity contribution in [2.24, 2.45) is 5.92 Å². The molecule has 0 bridgehead atoms. The average Bonchev–Trinajstić information content (AvgIpc) is 3.50. The maximum atomic E-state index is 12.1. The van der Waals surface area contributed by atoms with Crippen LogP contribution in [0.15, 0.2) is 30.6 Å². The molecule has 2 aliphatic rings. The Labute approximate surface area is 203 Å². The Kier molecular flexibility index (Phi) is 6.31. The molecule has 0 radical (unpaired) electrons. The van der Waals surface area contributed by atoms with Crippen LogP contribution in [0.1, 0.15) is 56.6 Å². The van der Waals surface area contributed by atoms with Crippen molar-refractivity contribution >= 4 is 28.1 Å². The Balaban J connectivity index is 1.60. The third-order valence-corrected chi connectivity index (χ3v) is 7.63. The number of imidazole rings is 1. The summed E-state index contributed by atoms with van der Waals surface area (Å²) in [6.07, 6.45) is 9.45. The van der Waals surface area contributed by atoms with E-state index in [9.17, 15) is 20.5 Å². The van der Waals surface area contributed by atoms with E-state index in [1.807, 2.05) is 24.5 Å². The summed E-state index contributed by atoms with van der Waals surface area (Å²) in [5.41, 5.74) is 9.50. The number of nitriles is 1. The Morgan fingerprint density at radius 3 is 2.74 bits per heavy atom. The van der Waals surface area contributed by atoms with Gasteiger partial charge in [-0.05, 0) is 55.4 Å². The molecule has 182 valence electrons. The number of aromatic nitrogens is 2. The minimum Gasteiger partial charge on any atom is -0.396 e. The van der Waals surface area contributed by atoms with Crippen molar-refractivity contribution in [2.75, 3.05) is 30.3 Å². The Bertz CT molecular complexity index is 1300. The van der Waals surface area contributed by atoms with Crippen molar-refractivity contribution in [1.82, 2.24) is 9.55 Å². The zero-order valence-corrected chi connectivity index (χ0v) is 19.7. The largest absolute Gasteiger partial charge is 0.396 e. The van der Waals surface area contributed by atoms with Gasteiger partial charge in [0.25, 0.3) is 0 Å². The van der Waals surface area contributed by atoms with Gasteiger partial charge in [0, 0.05) is 25.7 Å². The molecule has 1 aliphatic carbocycles. The van der Waals surface area contributed by atoms with Gasteiger partial charge in [0.2, 0.25) is 0 Å². The van der Waals surface area contributed by atoms with Gasteiger partial charge in [-0.2, -0.15) is 5.26 Å². The number of nitro benzene ring substituents is 1. The van der Waals surface area contributed by atoms with E-state index in [1.165, 1.54) is 19.3 Å². The Morgan fingerprint density at radius 2 is 2.03 bits per heavy atom. The zero-order chi connectivity index (χ0) is 24.5. The number of nitrogen functional groups attached to an aromatic ring is 1. The van der Waals surface area contributed by atoms with E-state index >= 15 is 0 Å². The highest BCUT2D eigenvalue weighted by atomic mass is 16.6. The first-order chi connectivity index (χ1) is 17.0. The number of anilines is 2. The summed E-state index contributed by atoms with van der Waals surface area (Å²) in [6.45, 7) is 1.50. The summed E-state index contributed by atoms with van der Waals surface area (Å²) in [6, 6.07) is 10.0. The fourth-order valence-electron chi connectivity index (χ4n) is 5.78. The topological polar surface area (TPSA) is 134 Å². The molecule has 1 unspecified atom stereocenters. The first-order valence-corrected chi connectivity index (χ1v) is 12.4. The predicted molar refractivity (Wildman–Crippen MR) is 135 cm³/mol. The monoisotopic (exact) mass is 474 g/mol. The van der Waals surface area contributed by atoms with Crippen LogP contribution >= 0.6 is 0 Å². The van der Waals surface area contributed by atoms with E-state index < -0.39 is 4.92 Å². The number of nitrogens with zero attached hydrogens (tertiary/aromatic N) is 5. The van der Waals surface area contributed by atoms with Gasteiger partial charge < -0.3 is 20.3 Å². The molecule has 1 saturated heterocycles. The maximum absolute atomic E-state index is 12.1. The van der Waals surface area contributed by atoms with Crippen LogP contribution in [-0.2, 0) is 0 Å². The minimum atomic E-state index is -0.501. The van der Waals surface area contributed by atoms with Crippen molar-refractivity contribution in [3.63, 3.8) is 0 Å². The van der Waals surface area contributed by atoms with Gasteiger partial charge in [0.05, 0.1) is 33.5 Å². The SMILES string of the molecule is N#Cc1c(N2CCC(CCO)C2)cc(-c2ccc3c(c2)ncn3C2CCCCC2)c([N+](=O)[O-])c1N. The van der Waals surface area contributed by atoms with Gasteiger partial charge in [-0.3, -0.25) is 10.1 Å². The number of nitro groups is 1. The second-order valence-electron chi connectivity index (χ2n) is 9.71. The lowest BCUT2D eigenvalue weighted by Gasteiger charge is -2.23. The molecule has 2 fully saturated rings. The standard InChI is InChI=1S/C26H30N6O3/c27-14-21-24(30-10-8-17(15-30)9-11-33)13-20(26(25(21)28)32(34)35)18-6-7-23-22(12-18)29-16-31(23)19-4-2-1-3-5-19/h6-7,12-13,16-17,19,33H,1-5,8-11,15,28H2. The molecule has 35 heavy (non-hydrogen) atoms. The van der Waals surface area contributed by atoms with Gasteiger partial charge in [-0.25, -0.2) is 4.98 Å². The van der Waals surface area contributed by atoms with Crippen molar-refractivity contribution in [3.8, 4) is 17.2 Å². The van der Waals surface area contributed by atoms with Gasteiger partial charge in [0.15, 0.2) is 0 Å². The van der Waals surface area contributed by atoms with Gasteiger partial charge >= 0.3 is 5.69 Å². The molecule has 9 heteroatoms. The van der Waals surface area contributed by atoms with Crippen LogP contribution in [0.25, 0.3) is 22.2 Å². The molecule has 1 aliphatic heterocycles. The molecular weight excluding hydrogens is 444 g/mol. The number of fused-ring (bicyclic) bond motifs is 1. The van der Waals surface area contributed by atoms with Crippen LogP contribution in [0, 0.1) is 27.4 Å². The highest BCUT2D eigenvalue weighted by Gasteiger charge is 2.31. The zero-order valence-electron chi connectivity index (χ0n) is 19.7. The van der Waals surface area contributed by atoms with Crippen molar-refractivity contribution in [2.45, 2.75) is 51.0 Å². The number of rotatable bonds is 6. The first kappa shape index (κ1) is 23.1. The quantitative estimate of drug-likeness (QED) is 0.298. The van der Waals surface area contributed by atoms with Crippen LogP contribution in [0.4, 0.5) is 17.1 Å². The summed E-state index contributed by atoms with van der Waals surface area (Å²) in [5.74, 6) is 0.312. The predicted octanol–water partition coefficient (Wildman–Crippen LogP) is 4.78. The summed E-state index contributed by atoms with van der Waals surface area (Å²) < 4.78 is 2.23. The number of hydrogen-bond donors (Lipinski definition) is 2. The van der Waals surface area contributed by atoms with E-state index in [1.54, 1.807) is 6.07 Å². The molecule has 9 nitrogen and oxygen atoms in total. The lowest BCUT2D eigenvalue weighted by molar-refractivity contribution is -0.383. The van der Waals surface area contributed by atoms with Crippen LogP contribution < -0.4 is 10.6 Å². The van der Waals surface area contributed by atoms with E-state index in [0.717, 1.165) is 30.3 Å². The average molecular weight is 475 g/mol. The van der Waals surface area contributed by atoms with Crippen molar-refractivity contribution < 1.29 is 10.0 Å². The lowest BCUT2D eigenvalue weighted by Crippen LogP contribution is -2.22. The molecular formula is C26H30N6O3. The smallest absolute Gasteiger partial charge is 0.301 e. The molecule has 0 amide bonds. The highest BCUT2D eigenvalue weighted by Crippen LogP contribution is 2.44. The number of aliphatic hydroxyl groups excluding tert-OH is 1.